The average molecular weight is 601 g/mol. The number of amides is 2. The fraction of sp³-hybridized carbons (Fsp3) is 0.839. The van der Waals surface area contributed by atoms with Crippen molar-refractivity contribution in [2.24, 2.45) is 0 Å². The van der Waals surface area contributed by atoms with Gasteiger partial charge in [0.2, 0.25) is 11.8 Å². The highest BCUT2D eigenvalue weighted by molar-refractivity contribution is 5.84. The zero-order valence-electron chi connectivity index (χ0n) is 25.6. The molecule has 0 saturated carbocycles. The van der Waals surface area contributed by atoms with Crippen LogP contribution in [0.3, 0.4) is 0 Å². The van der Waals surface area contributed by atoms with E-state index in [1.165, 1.54) is 57.8 Å². The molecule has 0 aromatic rings. The number of nitrogens with one attached hydrogen (secondary N) is 2. The van der Waals surface area contributed by atoms with Gasteiger partial charge < -0.3 is 35.1 Å². The summed E-state index contributed by atoms with van der Waals surface area (Å²) < 4.78 is 10.2. The normalized spacial score (nSPS) is 11.6. The van der Waals surface area contributed by atoms with Crippen molar-refractivity contribution in [1.29, 1.82) is 0 Å². The zero-order chi connectivity index (χ0) is 31.1. The van der Waals surface area contributed by atoms with Crippen molar-refractivity contribution >= 4 is 30.0 Å². The lowest BCUT2D eigenvalue weighted by Gasteiger charge is -2.14. The van der Waals surface area contributed by atoms with Gasteiger partial charge in [0.15, 0.2) is 0 Å². The number of ether oxygens (including phenoxy) is 2. The molecular formula is C31H56N2O9. The molecule has 11 nitrogen and oxygen atoms in total. The van der Waals surface area contributed by atoms with Crippen molar-refractivity contribution in [1.82, 2.24) is 10.6 Å². The van der Waals surface area contributed by atoms with Gasteiger partial charge in [0, 0.05) is 25.8 Å². The number of aliphatic carboxylic acids is 2. The maximum Gasteiger partial charge on any atom is 0.326 e. The van der Waals surface area contributed by atoms with Gasteiger partial charge in [0.25, 0.3) is 0 Å². The molecule has 0 aliphatic carbocycles. The third-order valence-corrected chi connectivity index (χ3v) is 6.96. The van der Waals surface area contributed by atoms with E-state index in [1.54, 1.807) is 0 Å². The molecule has 4 N–H and O–H groups in total. The number of hydrogen-bond donors (Lipinski definition) is 4. The highest BCUT2D eigenvalue weighted by Gasteiger charge is 2.20. The minimum absolute atomic E-state index is 0.0166. The van der Waals surface area contributed by atoms with Crippen LogP contribution < -0.4 is 10.6 Å². The smallest absolute Gasteiger partial charge is 0.326 e. The van der Waals surface area contributed by atoms with Crippen molar-refractivity contribution in [3.63, 3.8) is 0 Å². The molecule has 1 unspecified atom stereocenters. The minimum atomic E-state index is -1.15. The molecule has 0 radical (unpaired) electrons. The van der Waals surface area contributed by atoms with E-state index in [-0.39, 0.29) is 57.4 Å². The van der Waals surface area contributed by atoms with E-state index in [4.69, 9.17) is 14.6 Å². The van der Waals surface area contributed by atoms with Crippen LogP contribution in [0.15, 0.2) is 0 Å². The highest BCUT2D eigenvalue weighted by Crippen LogP contribution is 2.14. The van der Waals surface area contributed by atoms with Crippen molar-refractivity contribution in [2.45, 2.75) is 134 Å². The molecule has 0 aliphatic heterocycles. The Balaban J connectivity index is 3.60. The summed E-state index contributed by atoms with van der Waals surface area (Å²) in [5.74, 6) is -2.46. The third-order valence-electron chi connectivity index (χ3n) is 6.96. The molecule has 244 valence electrons. The standard InChI is InChI=1S/C31H56N2O9/c34-22-24-42-26-25-41-23-21-32-28(35)20-19-27(31(39)40)33-29(36)17-15-13-11-9-7-5-3-1-2-4-6-8-10-12-14-16-18-30(37)38/h22,27H,1-21,23-26H2,(H,32,35)(H,33,36)(H,37,38)(H,39,40). The van der Waals surface area contributed by atoms with Crippen LogP contribution >= 0.6 is 0 Å². The van der Waals surface area contributed by atoms with Crippen molar-refractivity contribution in [3.8, 4) is 0 Å². The van der Waals surface area contributed by atoms with E-state index >= 15 is 0 Å². The molecule has 0 aromatic heterocycles. The lowest BCUT2D eigenvalue weighted by Crippen LogP contribution is -2.41. The summed E-state index contributed by atoms with van der Waals surface area (Å²) in [6.45, 7) is 1.16. The first-order valence-electron chi connectivity index (χ1n) is 16.0. The van der Waals surface area contributed by atoms with Crippen molar-refractivity contribution < 1.29 is 43.7 Å². The van der Waals surface area contributed by atoms with Crippen LogP contribution in [0, 0.1) is 0 Å². The molecule has 0 aromatic carbocycles. The number of carbonyl (C=O) groups excluding carboxylic acids is 3. The predicted molar refractivity (Wildman–Crippen MR) is 160 cm³/mol. The number of carboxylic acids is 2. The molecule has 0 bridgehead atoms. The molecule has 2 amide bonds. The van der Waals surface area contributed by atoms with E-state index in [0.717, 1.165) is 44.9 Å². The Morgan fingerprint density at radius 1 is 0.595 bits per heavy atom. The Morgan fingerprint density at radius 2 is 1.07 bits per heavy atom. The average Bonchev–Trinajstić information content (AvgIpc) is 2.95. The van der Waals surface area contributed by atoms with Gasteiger partial charge in [-0.25, -0.2) is 4.79 Å². The van der Waals surface area contributed by atoms with Crippen LogP contribution in [0.4, 0.5) is 0 Å². The lowest BCUT2D eigenvalue weighted by molar-refractivity contribution is -0.142. The van der Waals surface area contributed by atoms with Crippen LogP contribution in [-0.2, 0) is 33.4 Å². The van der Waals surface area contributed by atoms with Gasteiger partial charge in [0.1, 0.15) is 18.9 Å². The molecule has 0 spiro atoms. The van der Waals surface area contributed by atoms with Crippen LogP contribution in [0.25, 0.3) is 0 Å². The number of rotatable bonds is 32. The number of unbranched alkanes of at least 4 members (excludes halogenated alkanes) is 15. The SMILES string of the molecule is O=CCOCCOCCNC(=O)CCC(NC(=O)CCCCCCCCCCCCCCCCCCC(=O)O)C(=O)O. The Morgan fingerprint density at radius 3 is 1.55 bits per heavy atom. The lowest BCUT2D eigenvalue weighted by atomic mass is 10.0. The zero-order valence-corrected chi connectivity index (χ0v) is 25.6. The highest BCUT2D eigenvalue weighted by atomic mass is 16.5. The maximum atomic E-state index is 12.2. The molecule has 0 fully saturated rings. The number of carbonyl (C=O) groups is 5. The molecule has 0 saturated heterocycles. The third kappa shape index (κ3) is 29.0. The summed E-state index contributed by atoms with van der Waals surface area (Å²) in [4.78, 5) is 56.2. The van der Waals surface area contributed by atoms with Gasteiger partial charge in [-0.05, 0) is 19.3 Å². The number of carboxylic acid groups (broad SMARTS) is 2. The predicted octanol–water partition coefficient (Wildman–Crippen LogP) is 4.79. The maximum absolute atomic E-state index is 12.2. The van der Waals surface area contributed by atoms with Gasteiger partial charge >= 0.3 is 11.9 Å². The Bertz CT molecular complexity index is 719. The van der Waals surface area contributed by atoms with Crippen molar-refractivity contribution in [3.05, 3.63) is 0 Å². The van der Waals surface area contributed by atoms with Gasteiger partial charge in [-0.2, -0.15) is 0 Å². The largest absolute Gasteiger partial charge is 0.481 e. The van der Waals surface area contributed by atoms with Crippen LogP contribution in [0.5, 0.6) is 0 Å². The number of hydrogen-bond acceptors (Lipinski definition) is 7. The summed E-state index contributed by atoms with van der Waals surface area (Å²) in [5.41, 5.74) is 0. The van der Waals surface area contributed by atoms with Crippen LogP contribution in [0.2, 0.25) is 0 Å². The summed E-state index contributed by atoms with van der Waals surface area (Å²) >= 11 is 0. The fourth-order valence-corrected chi connectivity index (χ4v) is 4.54. The summed E-state index contributed by atoms with van der Waals surface area (Å²) in [6, 6.07) is -1.09. The monoisotopic (exact) mass is 600 g/mol. The Hall–Kier alpha value is -2.53. The first-order valence-corrected chi connectivity index (χ1v) is 16.0. The van der Waals surface area contributed by atoms with Gasteiger partial charge in [0.05, 0.1) is 19.8 Å². The van der Waals surface area contributed by atoms with Gasteiger partial charge in [-0.1, -0.05) is 89.9 Å². The summed E-state index contributed by atoms with van der Waals surface area (Å²) in [5, 5.41) is 23.2. The van der Waals surface area contributed by atoms with E-state index in [1.807, 2.05) is 0 Å². The van der Waals surface area contributed by atoms with Gasteiger partial charge in [-0.15, -0.1) is 0 Å². The number of aldehydes is 1. The molecule has 0 rings (SSSR count). The van der Waals surface area contributed by atoms with Gasteiger partial charge in [-0.3, -0.25) is 14.4 Å². The summed E-state index contributed by atoms with van der Waals surface area (Å²) in [7, 11) is 0. The molecule has 1 atom stereocenters. The Labute approximate surface area is 251 Å². The topological polar surface area (TPSA) is 168 Å². The summed E-state index contributed by atoms with van der Waals surface area (Å²) in [6.07, 6.45) is 19.3. The van der Waals surface area contributed by atoms with Crippen molar-refractivity contribution in [2.75, 3.05) is 33.0 Å². The molecule has 0 heterocycles. The molecule has 0 aliphatic rings. The molecule has 42 heavy (non-hydrogen) atoms. The second-order valence-electron chi connectivity index (χ2n) is 10.8. The van der Waals surface area contributed by atoms with Crippen LogP contribution in [-0.4, -0.2) is 79.3 Å². The first kappa shape index (κ1) is 39.5. The van der Waals surface area contributed by atoms with E-state index in [9.17, 15) is 29.1 Å². The minimum Gasteiger partial charge on any atom is -0.481 e. The molecular weight excluding hydrogens is 544 g/mol. The fourth-order valence-electron chi connectivity index (χ4n) is 4.54. The van der Waals surface area contributed by atoms with E-state index < -0.39 is 18.0 Å². The quantitative estimate of drug-likeness (QED) is 0.0626. The van der Waals surface area contributed by atoms with Crippen LogP contribution in [0.1, 0.15) is 128 Å². The van der Waals surface area contributed by atoms with E-state index in [0.29, 0.717) is 19.3 Å². The Kier molecular flexibility index (Phi) is 28.1. The second-order valence-corrected chi connectivity index (χ2v) is 10.8. The van der Waals surface area contributed by atoms with E-state index in [2.05, 4.69) is 10.6 Å². The second kappa shape index (κ2) is 29.9. The molecule has 11 heteroatoms. The first-order chi connectivity index (χ1) is 20.4.